The van der Waals surface area contributed by atoms with Crippen molar-refractivity contribution in [3.8, 4) is 0 Å². The van der Waals surface area contributed by atoms with Crippen molar-refractivity contribution in [1.29, 1.82) is 0 Å². The molecule has 0 aliphatic heterocycles. The maximum atomic E-state index is 13.0. The van der Waals surface area contributed by atoms with E-state index in [-0.39, 0.29) is 12.4 Å². The van der Waals surface area contributed by atoms with Gasteiger partial charge in [0.15, 0.2) is 0 Å². The molecule has 0 radical (unpaired) electrons. The Bertz CT molecular complexity index is 789. The van der Waals surface area contributed by atoms with Crippen molar-refractivity contribution in [3.63, 3.8) is 0 Å². The molecule has 6 N–H and O–H groups in total. The number of allylic oxidation sites excluding steroid dienone is 2. The summed E-state index contributed by atoms with van der Waals surface area (Å²) in [4.78, 5) is 43.4. The van der Waals surface area contributed by atoms with E-state index in [1.165, 1.54) is 89.9 Å². The van der Waals surface area contributed by atoms with Gasteiger partial charge < -0.3 is 30.5 Å². The molecule has 0 spiro atoms. The molecule has 2 unspecified atom stereocenters. The normalized spacial score (nSPS) is 12.9. The highest BCUT2D eigenvalue weighted by atomic mass is 31.2. The number of rotatable bonds is 34. The van der Waals surface area contributed by atoms with Gasteiger partial charge in [0.25, 0.3) is 0 Å². The number of aliphatic hydroxyl groups is 2. The van der Waals surface area contributed by atoms with Gasteiger partial charge in [-0.1, -0.05) is 142 Å². The number of aliphatic hydroxyl groups excluding tert-OH is 2. The van der Waals surface area contributed by atoms with Crippen LogP contribution in [0.5, 0.6) is 0 Å². The number of carbonyl (C=O) groups is 2. The third kappa shape index (κ3) is 37.7. The number of Topliss-reactive ketones (excluding diaryl/α,β-unsaturated/α-hetero) is 1. The molecule has 0 bridgehead atoms. The number of nitrogens with two attached hydrogens (primary N) is 1. The van der Waals surface area contributed by atoms with Crippen LogP contribution in [-0.2, 0) is 23.4 Å². The Balaban J connectivity index is 0. The third-order valence-electron chi connectivity index (χ3n) is 8.19. The predicted molar refractivity (Wildman–Crippen MR) is 196 cm³/mol. The van der Waals surface area contributed by atoms with Gasteiger partial charge in [0.05, 0.1) is 13.2 Å². The number of ketones is 1. The minimum Gasteiger partial charge on any atom is -0.462 e. The first-order valence-electron chi connectivity index (χ1n) is 19.2. The van der Waals surface area contributed by atoms with Gasteiger partial charge in [-0.05, 0) is 38.5 Å². The van der Waals surface area contributed by atoms with E-state index in [0.717, 1.165) is 57.8 Å². The van der Waals surface area contributed by atoms with Crippen molar-refractivity contribution in [2.24, 2.45) is 11.7 Å². The number of unbranched alkanes of at least 4 members (excludes halogenated alkanes) is 20. The highest BCUT2D eigenvalue weighted by Crippen LogP contribution is 2.35. The SMILES string of the molecule is CCCCCCCC/C=C\CCCCCCC(C(=O)CCCCCCCCCCCCC)C(=O)OCC(O)COP(=O)(O)O.NCCO. The number of hydrogen-bond donors (Lipinski definition) is 5. The van der Waals surface area contributed by atoms with Gasteiger partial charge >= 0.3 is 13.8 Å². The Morgan fingerprint density at radius 3 is 1.54 bits per heavy atom. The topological polar surface area (TPSA) is 177 Å². The lowest BCUT2D eigenvalue weighted by Gasteiger charge is -2.17. The molecule has 0 saturated carbocycles. The molecule has 0 aromatic rings. The van der Waals surface area contributed by atoms with E-state index in [9.17, 15) is 19.3 Å². The monoisotopic (exact) mass is 708 g/mol. The molecular weight excluding hydrogens is 633 g/mol. The van der Waals surface area contributed by atoms with Crippen molar-refractivity contribution < 1.29 is 43.4 Å². The van der Waals surface area contributed by atoms with Crippen LogP contribution in [0.15, 0.2) is 12.2 Å². The first-order chi connectivity index (χ1) is 23.1. The summed E-state index contributed by atoms with van der Waals surface area (Å²) in [6.07, 6.45) is 30.9. The van der Waals surface area contributed by atoms with Crippen LogP contribution in [0.4, 0.5) is 0 Å². The third-order valence-corrected chi connectivity index (χ3v) is 8.67. The molecule has 11 heteroatoms. The maximum absolute atomic E-state index is 13.0. The van der Waals surface area contributed by atoms with Crippen molar-refractivity contribution in [2.45, 2.75) is 180 Å². The van der Waals surface area contributed by atoms with E-state index in [0.29, 0.717) is 19.4 Å². The molecule has 0 aliphatic rings. The number of phosphoric acid groups is 1. The minimum absolute atomic E-state index is 0.0972. The minimum atomic E-state index is -4.73. The number of carbonyl (C=O) groups excluding carboxylic acids is 2. The van der Waals surface area contributed by atoms with Gasteiger partial charge in [-0.25, -0.2) is 4.57 Å². The lowest BCUT2D eigenvalue weighted by molar-refractivity contribution is -0.155. The molecule has 0 fully saturated rings. The second-order valence-corrected chi connectivity index (χ2v) is 14.1. The molecule has 0 saturated heterocycles. The zero-order valence-electron chi connectivity index (χ0n) is 30.7. The quantitative estimate of drug-likeness (QED) is 0.0143. The lowest BCUT2D eigenvalue weighted by atomic mass is 9.93. The van der Waals surface area contributed by atoms with Crippen LogP contribution in [0.1, 0.15) is 174 Å². The summed E-state index contributed by atoms with van der Waals surface area (Å²) >= 11 is 0. The smallest absolute Gasteiger partial charge is 0.462 e. The van der Waals surface area contributed by atoms with Gasteiger partial charge in [0, 0.05) is 13.0 Å². The van der Waals surface area contributed by atoms with Crippen LogP contribution in [0.2, 0.25) is 0 Å². The largest absolute Gasteiger partial charge is 0.469 e. The molecule has 0 aromatic carbocycles. The summed E-state index contributed by atoms with van der Waals surface area (Å²) in [5.74, 6) is -1.67. The Labute approximate surface area is 293 Å². The lowest BCUT2D eigenvalue weighted by Crippen LogP contribution is -2.30. The van der Waals surface area contributed by atoms with Crippen LogP contribution < -0.4 is 5.73 Å². The van der Waals surface area contributed by atoms with Crippen LogP contribution in [0.25, 0.3) is 0 Å². The second kappa shape index (κ2) is 37.1. The van der Waals surface area contributed by atoms with E-state index in [1.54, 1.807) is 0 Å². The summed E-state index contributed by atoms with van der Waals surface area (Å²) in [5.41, 5.74) is 4.78. The fourth-order valence-electron chi connectivity index (χ4n) is 5.30. The van der Waals surface area contributed by atoms with Crippen LogP contribution in [0.3, 0.4) is 0 Å². The summed E-state index contributed by atoms with van der Waals surface area (Å²) in [6.45, 7) is 3.80. The van der Waals surface area contributed by atoms with E-state index < -0.39 is 39.0 Å². The van der Waals surface area contributed by atoms with Crippen LogP contribution in [-0.4, -0.2) is 64.2 Å². The molecule has 48 heavy (non-hydrogen) atoms. The molecule has 2 atom stereocenters. The molecule has 0 aromatic heterocycles. The molecule has 10 nitrogen and oxygen atoms in total. The number of esters is 1. The maximum Gasteiger partial charge on any atom is 0.469 e. The summed E-state index contributed by atoms with van der Waals surface area (Å²) in [5, 5.41) is 17.6. The van der Waals surface area contributed by atoms with Gasteiger partial charge in [-0.15, -0.1) is 0 Å². The Morgan fingerprint density at radius 2 is 1.10 bits per heavy atom. The van der Waals surface area contributed by atoms with Gasteiger partial charge in [0.2, 0.25) is 0 Å². The molecule has 0 rings (SSSR count). The second-order valence-electron chi connectivity index (χ2n) is 12.9. The van der Waals surface area contributed by atoms with Crippen molar-refractivity contribution in [3.05, 3.63) is 12.2 Å². The zero-order valence-corrected chi connectivity index (χ0v) is 31.6. The molecule has 0 aliphatic carbocycles. The molecule has 0 amide bonds. The Hall–Kier alpha value is -1.13. The van der Waals surface area contributed by atoms with Gasteiger partial charge in [-0.3, -0.25) is 14.1 Å². The fourth-order valence-corrected chi connectivity index (χ4v) is 5.67. The first-order valence-corrected chi connectivity index (χ1v) is 20.7. The van der Waals surface area contributed by atoms with E-state index >= 15 is 0 Å². The van der Waals surface area contributed by atoms with E-state index in [1.807, 2.05) is 0 Å². The van der Waals surface area contributed by atoms with E-state index in [2.05, 4.69) is 30.5 Å². The molecule has 286 valence electrons. The average Bonchev–Trinajstić information content (AvgIpc) is 3.06. The number of hydrogen-bond acceptors (Lipinski definition) is 8. The van der Waals surface area contributed by atoms with Crippen LogP contribution in [0, 0.1) is 5.92 Å². The summed E-state index contributed by atoms with van der Waals surface area (Å²) in [7, 11) is -4.73. The predicted octanol–water partition coefficient (Wildman–Crippen LogP) is 8.47. The highest BCUT2D eigenvalue weighted by molar-refractivity contribution is 7.46. The summed E-state index contributed by atoms with van der Waals surface area (Å²) < 4.78 is 20.3. The van der Waals surface area contributed by atoms with Crippen LogP contribution >= 0.6 is 7.82 Å². The van der Waals surface area contributed by atoms with E-state index in [4.69, 9.17) is 25.4 Å². The zero-order chi connectivity index (χ0) is 36.1. The van der Waals surface area contributed by atoms with Crippen molar-refractivity contribution in [1.82, 2.24) is 0 Å². The number of phosphoric ester groups is 1. The highest BCUT2D eigenvalue weighted by Gasteiger charge is 2.28. The summed E-state index contributed by atoms with van der Waals surface area (Å²) in [6, 6.07) is 0. The van der Waals surface area contributed by atoms with Crippen molar-refractivity contribution in [2.75, 3.05) is 26.4 Å². The average molecular weight is 708 g/mol. The standard InChI is InChI=1S/C35H67O8P.C2H7NO/c1-3-5-7-9-11-13-15-16-17-19-20-22-24-26-28-33(35(38)42-30-32(36)31-43-44(39,40)41)34(37)29-27-25-23-21-18-14-12-10-8-6-4-2;3-1-2-4/h16-17,32-33,36H,3-15,18-31H2,1-2H3,(H2,39,40,41);4H,1-3H2/b17-16-;. The molecular formula is C37H74NO9P. The fraction of sp³-hybridized carbons (Fsp3) is 0.892. The Morgan fingerprint density at radius 1 is 0.688 bits per heavy atom. The van der Waals surface area contributed by atoms with Gasteiger partial charge in [-0.2, -0.15) is 0 Å². The van der Waals surface area contributed by atoms with Crippen molar-refractivity contribution >= 4 is 19.6 Å². The first kappa shape index (κ1) is 49.0. The van der Waals surface area contributed by atoms with Gasteiger partial charge in [0.1, 0.15) is 24.4 Å². The molecule has 0 heterocycles. The Kier molecular flexibility index (Phi) is 37.9. The number of ether oxygens (including phenoxy) is 1.